The second-order valence-corrected chi connectivity index (χ2v) is 4.91. The molecule has 4 nitrogen and oxygen atoms in total. The summed E-state index contributed by atoms with van der Waals surface area (Å²) in [4.78, 5) is 15.6. The Hall–Kier alpha value is -1.73. The van der Waals surface area contributed by atoms with Crippen LogP contribution in [0.25, 0.3) is 11.3 Å². The van der Waals surface area contributed by atoms with Crippen molar-refractivity contribution in [2.75, 3.05) is 5.73 Å². The molecular formula is C12H8Cl2F3N3O. The number of nitrogens with zero attached hydrogens (tertiary/aromatic N) is 2. The maximum absolute atomic E-state index is 13.9. The van der Waals surface area contributed by atoms with Crippen LogP contribution in [0.15, 0.2) is 16.9 Å². The highest BCUT2D eigenvalue weighted by Gasteiger charge is 2.21. The minimum atomic E-state index is -3.10. The highest BCUT2D eigenvalue weighted by atomic mass is 35.5. The quantitative estimate of drug-likeness (QED) is 0.851. The molecule has 0 saturated heterocycles. The average Bonchev–Trinajstić information content (AvgIpc) is 2.38. The summed E-state index contributed by atoms with van der Waals surface area (Å²) in [7, 11) is 0. The lowest BCUT2D eigenvalue weighted by molar-refractivity contribution is 0.0628. The van der Waals surface area contributed by atoms with Gasteiger partial charge in [-0.2, -0.15) is 8.78 Å². The second kappa shape index (κ2) is 5.57. The number of hydrogen-bond donors (Lipinski definition) is 1. The smallest absolute Gasteiger partial charge is 0.322 e. The van der Waals surface area contributed by atoms with Crippen LogP contribution in [0.5, 0.6) is 0 Å². The van der Waals surface area contributed by atoms with E-state index in [0.29, 0.717) is 0 Å². The van der Waals surface area contributed by atoms with Gasteiger partial charge in [0, 0.05) is 5.56 Å². The number of benzene rings is 1. The van der Waals surface area contributed by atoms with Crippen LogP contribution in [0.2, 0.25) is 10.0 Å². The van der Waals surface area contributed by atoms with Gasteiger partial charge in [0.05, 0.1) is 16.4 Å². The largest absolute Gasteiger partial charge is 0.398 e. The predicted molar refractivity (Wildman–Crippen MR) is 74.3 cm³/mol. The summed E-state index contributed by atoms with van der Waals surface area (Å²) in [5.41, 5.74) is 3.98. The molecule has 2 aromatic rings. The summed E-state index contributed by atoms with van der Waals surface area (Å²) in [6.07, 6.45) is 0. The fourth-order valence-corrected chi connectivity index (χ4v) is 2.16. The molecule has 21 heavy (non-hydrogen) atoms. The van der Waals surface area contributed by atoms with Crippen molar-refractivity contribution < 1.29 is 13.2 Å². The van der Waals surface area contributed by atoms with Crippen molar-refractivity contribution in [3.8, 4) is 11.3 Å². The molecule has 2 rings (SSSR count). The Labute approximate surface area is 126 Å². The first-order valence-corrected chi connectivity index (χ1v) is 6.31. The topological polar surface area (TPSA) is 60.9 Å². The van der Waals surface area contributed by atoms with Gasteiger partial charge in [-0.3, -0.25) is 4.79 Å². The van der Waals surface area contributed by atoms with Crippen LogP contribution < -0.4 is 11.3 Å². The maximum atomic E-state index is 13.9. The first-order chi connectivity index (χ1) is 9.73. The standard InChI is InChI=1S/C12H8Cl2F3N3O/c1-4-19-10(9(14)11(21)20(4)12(16)17)5-2-8(18)6(13)3-7(5)15/h2-3,12H,18H2,1H3. The van der Waals surface area contributed by atoms with Gasteiger partial charge >= 0.3 is 6.55 Å². The van der Waals surface area contributed by atoms with Gasteiger partial charge in [-0.1, -0.05) is 23.2 Å². The van der Waals surface area contributed by atoms with E-state index in [9.17, 15) is 18.0 Å². The molecule has 0 atom stereocenters. The third-order valence-electron chi connectivity index (χ3n) is 2.77. The highest BCUT2D eigenvalue weighted by Crippen LogP contribution is 2.32. The number of alkyl halides is 2. The average molecular weight is 338 g/mol. The van der Waals surface area contributed by atoms with Crippen molar-refractivity contribution in [1.29, 1.82) is 0 Å². The van der Waals surface area contributed by atoms with Crippen LogP contribution in [-0.2, 0) is 0 Å². The van der Waals surface area contributed by atoms with Gasteiger partial charge < -0.3 is 5.73 Å². The molecule has 0 radical (unpaired) electrons. The van der Waals surface area contributed by atoms with Crippen molar-refractivity contribution in [3.63, 3.8) is 0 Å². The third kappa shape index (κ3) is 2.71. The number of rotatable bonds is 2. The van der Waals surface area contributed by atoms with Gasteiger partial charge in [-0.15, -0.1) is 0 Å². The van der Waals surface area contributed by atoms with Gasteiger partial charge in [0.2, 0.25) is 0 Å². The number of anilines is 1. The summed E-state index contributed by atoms with van der Waals surface area (Å²) in [5.74, 6) is -1.13. The van der Waals surface area contributed by atoms with E-state index in [-0.39, 0.29) is 32.4 Å². The van der Waals surface area contributed by atoms with Crippen LogP contribution in [0.4, 0.5) is 18.9 Å². The third-order valence-corrected chi connectivity index (χ3v) is 3.44. The summed E-state index contributed by atoms with van der Waals surface area (Å²) in [5, 5.41) is -0.647. The molecule has 0 spiro atoms. The Bertz CT molecular complexity index is 777. The zero-order chi connectivity index (χ0) is 15.9. The van der Waals surface area contributed by atoms with Crippen molar-refractivity contribution >= 4 is 28.9 Å². The Balaban J connectivity index is 2.78. The first kappa shape index (κ1) is 15.7. The van der Waals surface area contributed by atoms with Gasteiger partial charge in [-0.25, -0.2) is 13.9 Å². The van der Waals surface area contributed by atoms with Crippen LogP contribution in [0.3, 0.4) is 0 Å². The molecule has 0 aliphatic rings. The Morgan fingerprint density at radius 1 is 1.33 bits per heavy atom. The van der Waals surface area contributed by atoms with Crippen LogP contribution in [0, 0.1) is 12.7 Å². The molecule has 0 fully saturated rings. The van der Waals surface area contributed by atoms with Crippen molar-refractivity contribution in [1.82, 2.24) is 9.55 Å². The summed E-state index contributed by atoms with van der Waals surface area (Å²) in [6.45, 7) is -1.92. The predicted octanol–water partition coefficient (Wildman–Crippen LogP) is 3.64. The van der Waals surface area contributed by atoms with Crippen molar-refractivity contribution in [2.24, 2.45) is 0 Å². The maximum Gasteiger partial charge on any atom is 0.322 e. The molecule has 1 aromatic carbocycles. The molecule has 0 unspecified atom stereocenters. The zero-order valence-corrected chi connectivity index (χ0v) is 12.0. The SMILES string of the molecule is Cc1nc(-c2cc(N)c(Cl)cc2F)c(Cl)c(=O)n1C(F)F. The molecule has 1 aromatic heterocycles. The number of hydrogen-bond acceptors (Lipinski definition) is 3. The number of nitrogens with two attached hydrogens (primary N) is 1. The van der Waals surface area contributed by atoms with Crippen LogP contribution >= 0.6 is 23.2 Å². The van der Waals surface area contributed by atoms with Gasteiger partial charge in [0.1, 0.15) is 16.7 Å². The van der Waals surface area contributed by atoms with E-state index in [2.05, 4.69) is 4.98 Å². The van der Waals surface area contributed by atoms with E-state index in [4.69, 9.17) is 28.9 Å². The Morgan fingerprint density at radius 3 is 2.52 bits per heavy atom. The van der Waals surface area contributed by atoms with E-state index in [1.807, 2.05) is 0 Å². The molecule has 0 aliphatic heterocycles. The number of halogens is 5. The fraction of sp³-hybridized carbons (Fsp3) is 0.167. The molecule has 0 saturated carbocycles. The molecular weight excluding hydrogens is 330 g/mol. The Morgan fingerprint density at radius 2 is 1.95 bits per heavy atom. The first-order valence-electron chi connectivity index (χ1n) is 5.55. The second-order valence-electron chi connectivity index (χ2n) is 4.13. The van der Waals surface area contributed by atoms with Crippen molar-refractivity contribution in [3.05, 3.63) is 44.2 Å². The van der Waals surface area contributed by atoms with E-state index in [0.717, 1.165) is 12.1 Å². The lowest BCUT2D eigenvalue weighted by atomic mass is 10.1. The molecule has 0 aliphatic carbocycles. The lowest BCUT2D eigenvalue weighted by Crippen LogP contribution is -2.25. The monoisotopic (exact) mass is 337 g/mol. The van der Waals surface area contributed by atoms with E-state index >= 15 is 0 Å². The normalized spacial score (nSPS) is 11.2. The van der Waals surface area contributed by atoms with Crippen molar-refractivity contribution in [2.45, 2.75) is 13.5 Å². The summed E-state index contributed by atoms with van der Waals surface area (Å²) in [6, 6.07) is 2.07. The fourth-order valence-electron chi connectivity index (χ4n) is 1.77. The van der Waals surface area contributed by atoms with Gasteiger partial charge in [0.25, 0.3) is 5.56 Å². The molecule has 2 N–H and O–H groups in total. The minimum Gasteiger partial charge on any atom is -0.398 e. The van der Waals surface area contributed by atoms with Gasteiger partial charge in [0.15, 0.2) is 0 Å². The number of nitrogen functional groups attached to an aromatic ring is 1. The molecule has 0 bridgehead atoms. The molecule has 0 amide bonds. The molecule has 1 heterocycles. The van der Waals surface area contributed by atoms with E-state index in [1.54, 1.807) is 0 Å². The summed E-state index contributed by atoms with van der Waals surface area (Å²) < 4.78 is 39.5. The minimum absolute atomic E-state index is 0.0231. The van der Waals surface area contributed by atoms with Gasteiger partial charge in [-0.05, 0) is 19.1 Å². The Kier molecular flexibility index (Phi) is 4.15. The highest BCUT2D eigenvalue weighted by molar-refractivity contribution is 6.34. The summed E-state index contributed by atoms with van der Waals surface area (Å²) >= 11 is 11.4. The zero-order valence-electron chi connectivity index (χ0n) is 10.5. The van der Waals surface area contributed by atoms with E-state index < -0.39 is 22.9 Å². The molecule has 9 heteroatoms. The molecule has 112 valence electrons. The lowest BCUT2D eigenvalue weighted by Gasteiger charge is -2.12. The number of aromatic nitrogens is 2. The van der Waals surface area contributed by atoms with Crippen LogP contribution in [0.1, 0.15) is 12.4 Å². The number of aryl methyl sites for hydroxylation is 1. The van der Waals surface area contributed by atoms with Crippen LogP contribution in [-0.4, -0.2) is 9.55 Å². The van der Waals surface area contributed by atoms with E-state index in [1.165, 1.54) is 6.92 Å².